The summed E-state index contributed by atoms with van der Waals surface area (Å²) in [7, 11) is 1.94. The normalized spacial score (nSPS) is 24.1. The van der Waals surface area contributed by atoms with Crippen LogP contribution < -0.4 is 0 Å². The van der Waals surface area contributed by atoms with Gasteiger partial charge in [0.2, 0.25) is 0 Å². The molecule has 0 radical (unpaired) electrons. The lowest BCUT2D eigenvalue weighted by atomic mass is 10.1. The summed E-state index contributed by atoms with van der Waals surface area (Å²) in [6.45, 7) is 4.00. The molecule has 0 aliphatic carbocycles. The van der Waals surface area contributed by atoms with Crippen LogP contribution in [0.3, 0.4) is 0 Å². The van der Waals surface area contributed by atoms with E-state index in [1.807, 2.05) is 41.0 Å². The van der Waals surface area contributed by atoms with E-state index in [-0.39, 0.29) is 18.1 Å². The van der Waals surface area contributed by atoms with Gasteiger partial charge in [-0.15, -0.1) is 0 Å². The maximum Gasteiger partial charge on any atom is 0.255 e. The number of carbonyl (C=O) groups is 1. The first-order valence-corrected chi connectivity index (χ1v) is 8.51. The van der Waals surface area contributed by atoms with Gasteiger partial charge in [0.1, 0.15) is 0 Å². The second-order valence-corrected chi connectivity index (χ2v) is 6.71. The van der Waals surface area contributed by atoms with Gasteiger partial charge in [-0.3, -0.25) is 9.69 Å². The van der Waals surface area contributed by atoms with Gasteiger partial charge in [-0.05, 0) is 11.6 Å². The molecule has 0 unspecified atom stereocenters. The molecular formula is C19H23N3O2. The number of rotatable bonds is 3. The SMILES string of the molecule is Cn1ccc(C(=O)N2C[C@H]3OCCN(Cc4ccccc4)[C@H]3C2)c1. The maximum atomic E-state index is 12.7. The Morgan fingerprint density at radius 1 is 1.21 bits per heavy atom. The summed E-state index contributed by atoms with van der Waals surface area (Å²) in [6, 6.07) is 12.7. The molecule has 3 heterocycles. The highest BCUT2D eigenvalue weighted by Crippen LogP contribution is 2.25. The van der Waals surface area contributed by atoms with Crippen LogP contribution in [-0.2, 0) is 18.3 Å². The Balaban J connectivity index is 1.47. The number of likely N-dealkylation sites (tertiary alicyclic amines) is 1. The number of fused-ring (bicyclic) bond motifs is 1. The first-order valence-electron chi connectivity index (χ1n) is 8.51. The molecule has 0 saturated carbocycles. The molecule has 2 atom stereocenters. The highest BCUT2D eigenvalue weighted by atomic mass is 16.5. The van der Waals surface area contributed by atoms with E-state index < -0.39 is 0 Å². The van der Waals surface area contributed by atoms with Gasteiger partial charge >= 0.3 is 0 Å². The summed E-state index contributed by atoms with van der Waals surface area (Å²) < 4.78 is 7.86. The number of hydrogen-bond donors (Lipinski definition) is 0. The second-order valence-electron chi connectivity index (χ2n) is 6.71. The molecule has 126 valence electrons. The molecule has 24 heavy (non-hydrogen) atoms. The van der Waals surface area contributed by atoms with Crippen molar-refractivity contribution in [1.82, 2.24) is 14.4 Å². The number of morpholine rings is 1. The third-order valence-corrected chi connectivity index (χ3v) is 5.01. The summed E-state index contributed by atoms with van der Waals surface area (Å²) in [6.07, 6.45) is 3.91. The van der Waals surface area contributed by atoms with Crippen LogP contribution in [0.1, 0.15) is 15.9 Å². The average molecular weight is 325 g/mol. The van der Waals surface area contributed by atoms with Crippen molar-refractivity contribution < 1.29 is 9.53 Å². The minimum Gasteiger partial charge on any atom is -0.373 e. The molecule has 5 heteroatoms. The Hall–Kier alpha value is -2.11. The zero-order valence-corrected chi connectivity index (χ0v) is 14.0. The lowest BCUT2D eigenvalue weighted by Crippen LogP contribution is -2.50. The standard InChI is InChI=1S/C19H23N3O2/c1-20-8-7-16(12-20)19(23)22-13-17-18(14-22)24-10-9-21(17)11-15-5-3-2-4-6-15/h2-8,12,17-18H,9-11,13-14H2,1H3/t17-,18+/m0/s1. The number of ether oxygens (including phenoxy) is 1. The van der Waals surface area contributed by atoms with Gasteiger partial charge in [0.25, 0.3) is 5.91 Å². The van der Waals surface area contributed by atoms with Crippen molar-refractivity contribution >= 4 is 5.91 Å². The molecule has 0 spiro atoms. The van der Waals surface area contributed by atoms with E-state index in [1.165, 1.54) is 5.56 Å². The minimum atomic E-state index is 0.105. The molecule has 1 aromatic heterocycles. The van der Waals surface area contributed by atoms with Crippen molar-refractivity contribution in [2.24, 2.45) is 7.05 Å². The Labute approximate surface area is 142 Å². The maximum absolute atomic E-state index is 12.7. The van der Waals surface area contributed by atoms with Crippen LogP contribution in [-0.4, -0.2) is 58.7 Å². The van der Waals surface area contributed by atoms with Crippen molar-refractivity contribution in [2.45, 2.75) is 18.7 Å². The number of amides is 1. The summed E-state index contributed by atoms with van der Waals surface area (Å²) in [4.78, 5) is 17.1. The fourth-order valence-corrected chi connectivity index (χ4v) is 3.75. The smallest absolute Gasteiger partial charge is 0.255 e. The first-order chi connectivity index (χ1) is 11.7. The zero-order valence-electron chi connectivity index (χ0n) is 14.0. The van der Waals surface area contributed by atoms with Crippen LogP contribution in [0.25, 0.3) is 0 Å². The van der Waals surface area contributed by atoms with E-state index in [2.05, 4.69) is 29.2 Å². The van der Waals surface area contributed by atoms with Gasteiger partial charge in [-0.25, -0.2) is 0 Å². The zero-order chi connectivity index (χ0) is 16.5. The molecule has 1 aromatic carbocycles. The molecule has 1 amide bonds. The summed E-state index contributed by atoms with van der Waals surface area (Å²) >= 11 is 0. The highest BCUT2D eigenvalue weighted by Gasteiger charge is 2.41. The number of benzene rings is 1. The van der Waals surface area contributed by atoms with Crippen molar-refractivity contribution in [3.63, 3.8) is 0 Å². The molecule has 2 fully saturated rings. The molecule has 2 aliphatic rings. The van der Waals surface area contributed by atoms with E-state index in [0.717, 1.165) is 31.8 Å². The van der Waals surface area contributed by atoms with Gasteiger partial charge < -0.3 is 14.2 Å². The number of nitrogens with zero attached hydrogens (tertiary/aromatic N) is 3. The molecule has 2 aliphatic heterocycles. The van der Waals surface area contributed by atoms with Gasteiger partial charge in [0, 0.05) is 45.6 Å². The van der Waals surface area contributed by atoms with E-state index >= 15 is 0 Å². The van der Waals surface area contributed by atoms with Crippen LogP contribution in [0.15, 0.2) is 48.8 Å². The summed E-state index contributed by atoms with van der Waals surface area (Å²) in [5.74, 6) is 0.105. The number of carbonyl (C=O) groups excluding carboxylic acids is 1. The first kappa shape index (κ1) is 15.4. The third-order valence-electron chi connectivity index (χ3n) is 5.01. The van der Waals surface area contributed by atoms with Gasteiger partial charge in [0.05, 0.1) is 24.3 Å². The Morgan fingerprint density at radius 3 is 2.79 bits per heavy atom. The van der Waals surface area contributed by atoms with Crippen molar-refractivity contribution in [2.75, 3.05) is 26.2 Å². The Bertz CT molecular complexity index is 712. The van der Waals surface area contributed by atoms with Crippen LogP contribution >= 0.6 is 0 Å². The minimum absolute atomic E-state index is 0.105. The highest BCUT2D eigenvalue weighted by molar-refractivity contribution is 5.94. The number of aryl methyl sites for hydroxylation is 1. The average Bonchev–Trinajstić information content (AvgIpc) is 3.22. The van der Waals surface area contributed by atoms with Crippen molar-refractivity contribution in [3.05, 3.63) is 59.9 Å². The summed E-state index contributed by atoms with van der Waals surface area (Å²) in [5, 5.41) is 0. The topological polar surface area (TPSA) is 37.7 Å². The Kier molecular flexibility index (Phi) is 4.12. The largest absolute Gasteiger partial charge is 0.373 e. The van der Waals surface area contributed by atoms with Crippen LogP contribution in [0, 0.1) is 0 Å². The fraction of sp³-hybridized carbons (Fsp3) is 0.421. The van der Waals surface area contributed by atoms with Crippen LogP contribution in [0.2, 0.25) is 0 Å². The molecular weight excluding hydrogens is 302 g/mol. The van der Waals surface area contributed by atoms with Crippen molar-refractivity contribution in [1.29, 1.82) is 0 Å². The lowest BCUT2D eigenvalue weighted by Gasteiger charge is -2.36. The van der Waals surface area contributed by atoms with E-state index in [1.54, 1.807) is 0 Å². The van der Waals surface area contributed by atoms with E-state index in [9.17, 15) is 4.79 Å². The molecule has 2 aromatic rings. The third kappa shape index (κ3) is 2.97. The molecule has 4 rings (SSSR count). The van der Waals surface area contributed by atoms with Gasteiger partial charge in [-0.1, -0.05) is 30.3 Å². The molecule has 0 N–H and O–H groups in total. The molecule has 0 bridgehead atoms. The monoisotopic (exact) mass is 325 g/mol. The van der Waals surface area contributed by atoms with E-state index in [0.29, 0.717) is 6.54 Å². The predicted octanol–water partition coefficient (Wildman–Crippen LogP) is 1.75. The van der Waals surface area contributed by atoms with E-state index in [4.69, 9.17) is 4.74 Å². The summed E-state index contributed by atoms with van der Waals surface area (Å²) in [5.41, 5.74) is 2.07. The fourth-order valence-electron chi connectivity index (χ4n) is 3.75. The number of aromatic nitrogens is 1. The van der Waals surface area contributed by atoms with Crippen LogP contribution in [0.4, 0.5) is 0 Å². The number of hydrogen-bond acceptors (Lipinski definition) is 3. The Morgan fingerprint density at radius 2 is 2.04 bits per heavy atom. The lowest BCUT2D eigenvalue weighted by molar-refractivity contribution is -0.0503. The van der Waals surface area contributed by atoms with Gasteiger partial charge in [0.15, 0.2) is 0 Å². The van der Waals surface area contributed by atoms with Crippen LogP contribution in [0.5, 0.6) is 0 Å². The van der Waals surface area contributed by atoms with Crippen molar-refractivity contribution in [3.8, 4) is 0 Å². The molecule has 2 saturated heterocycles. The predicted molar refractivity (Wildman–Crippen MR) is 91.7 cm³/mol. The molecule has 5 nitrogen and oxygen atoms in total. The van der Waals surface area contributed by atoms with Gasteiger partial charge in [-0.2, -0.15) is 0 Å². The quantitative estimate of drug-likeness (QED) is 0.863. The second kappa shape index (κ2) is 6.42.